The summed E-state index contributed by atoms with van der Waals surface area (Å²) in [5, 5.41) is 11.1. The molecule has 0 fully saturated rings. The van der Waals surface area contributed by atoms with Crippen LogP contribution in [0.15, 0.2) is 18.5 Å². The van der Waals surface area contributed by atoms with Crippen LogP contribution in [0.4, 0.5) is 0 Å². The number of hydrogen-bond acceptors (Lipinski definition) is 3. The van der Waals surface area contributed by atoms with Gasteiger partial charge >= 0.3 is 0 Å². The summed E-state index contributed by atoms with van der Waals surface area (Å²) in [7, 11) is 0. The molecule has 16 heavy (non-hydrogen) atoms. The fourth-order valence-electron chi connectivity index (χ4n) is 1.39. The highest BCUT2D eigenvalue weighted by atomic mass is 15.3. The van der Waals surface area contributed by atoms with Gasteiger partial charge in [-0.2, -0.15) is 5.10 Å². The van der Waals surface area contributed by atoms with Crippen LogP contribution in [0, 0.1) is 0 Å². The molecule has 0 saturated carbocycles. The van der Waals surface area contributed by atoms with Gasteiger partial charge in [-0.25, -0.2) is 0 Å². The fourth-order valence-corrected chi connectivity index (χ4v) is 1.39. The lowest BCUT2D eigenvalue weighted by atomic mass is 10.1. The minimum atomic E-state index is 0.192. The van der Waals surface area contributed by atoms with Crippen LogP contribution in [0.3, 0.4) is 0 Å². The largest absolute Gasteiger partial charge is 0.311 e. The van der Waals surface area contributed by atoms with E-state index >= 15 is 0 Å². The molecule has 1 heterocycles. The third-order valence-electron chi connectivity index (χ3n) is 2.33. The molecule has 1 aromatic heterocycles. The number of nitrogens with one attached hydrogen (secondary N) is 2. The van der Waals surface area contributed by atoms with Gasteiger partial charge in [0, 0.05) is 37.1 Å². The van der Waals surface area contributed by atoms with Gasteiger partial charge in [0.25, 0.3) is 0 Å². The second-order valence-corrected chi connectivity index (χ2v) is 5.26. The SMILES string of the molecule is CC(CNC(C)(C)C)NCCn1cccn1. The monoisotopic (exact) mass is 224 g/mol. The topological polar surface area (TPSA) is 41.9 Å². The highest BCUT2D eigenvalue weighted by Gasteiger charge is 2.10. The van der Waals surface area contributed by atoms with Crippen molar-refractivity contribution in [3.05, 3.63) is 18.5 Å². The van der Waals surface area contributed by atoms with Gasteiger partial charge in [-0.1, -0.05) is 0 Å². The van der Waals surface area contributed by atoms with Crippen molar-refractivity contribution in [3.63, 3.8) is 0 Å². The van der Waals surface area contributed by atoms with Crippen LogP contribution in [0.2, 0.25) is 0 Å². The molecular weight excluding hydrogens is 200 g/mol. The molecule has 92 valence electrons. The zero-order valence-electron chi connectivity index (χ0n) is 10.8. The maximum absolute atomic E-state index is 4.16. The van der Waals surface area contributed by atoms with E-state index < -0.39 is 0 Å². The Balaban J connectivity index is 2.09. The van der Waals surface area contributed by atoms with Crippen molar-refractivity contribution >= 4 is 0 Å². The molecule has 0 saturated heterocycles. The van der Waals surface area contributed by atoms with Crippen LogP contribution < -0.4 is 10.6 Å². The molecule has 0 radical (unpaired) electrons. The Kier molecular flexibility index (Phi) is 4.96. The summed E-state index contributed by atoms with van der Waals surface area (Å²) in [6, 6.07) is 2.43. The molecule has 1 rings (SSSR count). The zero-order chi connectivity index (χ0) is 12.0. The quantitative estimate of drug-likeness (QED) is 0.764. The lowest BCUT2D eigenvalue weighted by Gasteiger charge is -2.24. The first kappa shape index (κ1) is 13.2. The van der Waals surface area contributed by atoms with Crippen LogP contribution in [-0.2, 0) is 6.54 Å². The van der Waals surface area contributed by atoms with Gasteiger partial charge in [0.2, 0.25) is 0 Å². The molecule has 2 N–H and O–H groups in total. The summed E-state index contributed by atoms with van der Waals surface area (Å²) in [4.78, 5) is 0. The van der Waals surface area contributed by atoms with Gasteiger partial charge in [-0.15, -0.1) is 0 Å². The van der Waals surface area contributed by atoms with Gasteiger partial charge in [-0.3, -0.25) is 4.68 Å². The molecule has 0 aliphatic heterocycles. The second-order valence-electron chi connectivity index (χ2n) is 5.26. The molecular formula is C12H24N4. The summed E-state index contributed by atoms with van der Waals surface area (Å²) in [5.74, 6) is 0. The van der Waals surface area contributed by atoms with Crippen molar-refractivity contribution in [2.75, 3.05) is 13.1 Å². The fraction of sp³-hybridized carbons (Fsp3) is 0.750. The van der Waals surface area contributed by atoms with Gasteiger partial charge in [0.15, 0.2) is 0 Å². The molecule has 4 nitrogen and oxygen atoms in total. The van der Waals surface area contributed by atoms with E-state index in [2.05, 4.69) is 43.4 Å². The predicted octanol–water partition coefficient (Wildman–Crippen LogP) is 1.25. The normalized spacial score (nSPS) is 14.0. The summed E-state index contributed by atoms with van der Waals surface area (Å²) in [5.41, 5.74) is 0.192. The molecule has 0 aliphatic carbocycles. The third kappa shape index (κ3) is 5.88. The van der Waals surface area contributed by atoms with Crippen molar-refractivity contribution in [3.8, 4) is 0 Å². The Bertz CT molecular complexity index is 274. The average Bonchev–Trinajstić information content (AvgIpc) is 2.66. The lowest BCUT2D eigenvalue weighted by molar-refractivity contribution is 0.383. The maximum atomic E-state index is 4.16. The van der Waals surface area contributed by atoms with E-state index in [4.69, 9.17) is 0 Å². The molecule has 0 aliphatic rings. The Morgan fingerprint density at radius 1 is 1.38 bits per heavy atom. The van der Waals surface area contributed by atoms with Crippen LogP contribution >= 0.6 is 0 Å². The summed E-state index contributed by atoms with van der Waals surface area (Å²) >= 11 is 0. The van der Waals surface area contributed by atoms with Crippen LogP contribution in [-0.4, -0.2) is 34.5 Å². The first-order valence-corrected chi connectivity index (χ1v) is 5.93. The van der Waals surface area contributed by atoms with E-state index in [1.54, 1.807) is 0 Å². The van der Waals surface area contributed by atoms with Crippen molar-refractivity contribution in [1.29, 1.82) is 0 Å². The van der Waals surface area contributed by atoms with Crippen molar-refractivity contribution in [2.45, 2.75) is 45.8 Å². The molecule has 0 spiro atoms. The molecule has 1 atom stereocenters. The maximum Gasteiger partial charge on any atom is 0.0534 e. The van der Waals surface area contributed by atoms with Crippen LogP contribution in [0.25, 0.3) is 0 Å². The van der Waals surface area contributed by atoms with E-state index in [0.29, 0.717) is 6.04 Å². The summed E-state index contributed by atoms with van der Waals surface area (Å²) < 4.78 is 1.94. The first-order chi connectivity index (χ1) is 7.47. The van der Waals surface area contributed by atoms with Gasteiger partial charge in [-0.05, 0) is 33.8 Å². The Morgan fingerprint density at radius 2 is 2.12 bits per heavy atom. The third-order valence-corrected chi connectivity index (χ3v) is 2.33. The smallest absolute Gasteiger partial charge is 0.0534 e. The van der Waals surface area contributed by atoms with Gasteiger partial charge < -0.3 is 10.6 Å². The Hall–Kier alpha value is -0.870. The van der Waals surface area contributed by atoms with E-state index in [1.165, 1.54) is 0 Å². The van der Waals surface area contributed by atoms with E-state index in [9.17, 15) is 0 Å². The zero-order valence-corrected chi connectivity index (χ0v) is 10.8. The lowest BCUT2D eigenvalue weighted by Crippen LogP contribution is -2.45. The number of aromatic nitrogens is 2. The highest BCUT2D eigenvalue weighted by molar-refractivity contribution is 4.78. The summed E-state index contributed by atoms with van der Waals surface area (Å²) in [6.45, 7) is 11.6. The number of nitrogens with zero attached hydrogens (tertiary/aromatic N) is 2. The van der Waals surface area contributed by atoms with Gasteiger partial charge in [0.05, 0.1) is 6.54 Å². The Labute approximate surface area is 98.4 Å². The standard InChI is InChI=1S/C12H24N4/c1-11(10-14-12(2,3)4)13-7-9-16-8-5-6-15-16/h5-6,8,11,13-14H,7,9-10H2,1-4H3. The van der Waals surface area contributed by atoms with Crippen molar-refractivity contribution < 1.29 is 0 Å². The molecule has 4 heteroatoms. The summed E-state index contributed by atoms with van der Waals surface area (Å²) in [6.07, 6.45) is 3.80. The molecule has 0 aromatic carbocycles. The number of rotatable bonds is 6. The molecule has 0 amide bonds. The predicted molar refractivity (Wildman–Crippen MR) is 67.4 cm³/mol. The second kappa shape index (κ2) is 6.01. The first-order valence-electron chi connectivity index (χ1n) is 5.93. The Morgan fingerprint density at radius 3 is 2.69 bits per heavy atom. The van der Waals surface area contributed by atoms with Crippen LogP contribution in [0.5, 0.6) is 0 Å². The van der Waals surface area contributed by atoms with Crippen LogP contribution in [0.1, 0.15) is 27.7 Å². The molecule has 1 unspecified atom stereocenters. The minimum absolute atomic E-state index is 0.192. The highest BCUT2D eigenvalue weighted by Crippen LogP contribution is 1.97. The molecule has 1 aromatic rings. The van der Waals surface area contributed by atoms with Crippen molar-refractivity contribution in [1.82, 2.24) is 20.4 Å². The van der Waals surface area contributed by atoms with Crippen molar-refractivity contribution in [2.24, 2.45) is 0 Å². The van der Waals surface area contributed by atoms with E-state index in [0.717, 1.165) is 19.6 Å². The minimum Gasteiger partial charge on any atom is -0.311 e. The average molecular weight is 224 g/mol. The van der Waals surface area contributed by atoms with E-state index in [-0.39, 0.29) is 5.54 Å². The van der Waals surface area contributed by atoms with Gasteiger partial charge in [0.1, 0.15) is 0 Å². The molecule has 0 bridgehead atoms. The van der Waals surface area contributed by atoms with E-state index in [1.807, 2.05) is 23.1 Å². The number of hydrogen-bond donors (Lipinski definition) is 2.